The number of carbonyl (C=O) groups is 1. The Bertz CT molecular complexity index is 545. The maximum atomic E-state index is 11.6. The van der Waals surface area contributed by atoms with E-state index in [2.05, 4.69) is 15.0 Å². The van der Waals surface area contributed by atoms with Crippen LogP contribution in [0, 0.1) is 13.8 Å². The van der Waals surface area contributed by atoms with Crippen LogP contribution >= 0.6 is 11.3 Å². The molecule has 2 aromatic heterocycles. The summed E-state index contributed by atoms with van der Waals surface area (Å²) >= 11 is 1.53. The first-order chi connectivity index (χ1) is 8.11. The van der Waals surface area contributed by atoms with Gasteiger partial charge in [0, 0.05) is 16.8 Å². The fraction of sp³-hybridized carbons (Fsp3) is 0.364. The average molecular weight is 251 g/mol. The van der Waals surface area contributed by atoms with Crippen molar-refractivity contribution in [2.24, 2.45) is 0 Å². The highest BCUT2D eigenvalue weighted by Crippen LogP contribution is 2.23. The Hall–Kier alpha value is -1.69. The monoisotopic (exact) mass is 251 g/mol. The maximum Gasteiger partial charge on any atom is 0.358 e. The van der Waals surface area contributed by atoms with E-state index in [4.69, 9.17) is 4.74 Å². The number of H-pyrrole nitrogens is 1. The van der Waals surface area contributed by atoms with Crippen LogP contribution in [0.25, 0.3) is 10.8 Å². The van der Waals surface area contributed by atoms with Crippen molar-refractivity contribution in [3.8, 4) is 10.8 Å². The highest BCUT2D eigenvalue weighted by Gasteiger charge is 2.17. The standard InChI is InChI=1S/C11H13N3O2S/c1-4-16-11(15)8-7(3)13-9(14-8)10-12-5-6(2)17-10/h5H,4H2,1-3H3,(H,13,14). The largest absolute Gasteiger partial charge is 0.461 e. The van der Waals surface area contributed by atoms with E-state index in [9.17, 15) is 4.79 Å². The van der Waals surface area contributed by atoms with Gasteiger partial charge in [-0.3, -0.25) is 0 Å². The van der Waals surface area contributed by atoms with Gasteiger partial charge in [-0.2, -0.15) is 0 Å². The van der Waals surface area contributed by atoms with Crippen LogP contribution in [-0.2, 0) is 4.74 Å². The predicted octanol–water partition coefficient (Wildman–Crippen LogP) is 2.33. The van der Waals surface area contributed by atoms with Gasteiger partial charge in [-0.25, -0.2) is 14.8 Å². The number of thiazole rings is 1. The van der Waals surface area contributed by atoms with Gasteiger partial charge in [0.25, 0.3) is 0 Å². The van der Waals surface area contributed by atoms with Gasteiger partial charge >= 0.3 is 5.97 Å². The van der Waals surface area contributed by atoms with Crippen molar-refractivity contribution in [2.75, 3.05) is 6.61 Å². The summed E-state index contributed by atoms with van der Waals surface area (Å²) in [5.74, 6) is 0.212. The number of imidazole rings is 1. The van der Waals surface area contributed by atoms with Crippen molar-refractivity contribution in [3.63, 3.8) is 0 Å². The molecule has 0 aliphatic carbocycles. The SMILES string of the molecule is CCOC(=O)c1nc(-c2ncc(C)s2)[nH]c1C. The van der Waals surface area contributed by atoms with Gasteiger partial charge in [0.05, 0.1) is 6.61 Å². The van der Waals surface area contributed by atoms with Crippen molar-refractivity contribution in [1.29, 1.82) is 0 Å². The number of aromatic amines is 1. The molecule has 0 atom stereocenters. The van der Waals surface area contributed by atoms with Gasteiger partial charge in [-0.1, -0.05) is 0 Å². The highest BCUT2D eigenvalue weighted by atomic mass is 32.1. The first-order valence-electron chi connectivity index (χ1n) is 5.28. The molecule has 1 N–H and O–H groups in total. The van der Waals surface area contributed by atoms with E-state index in [1.54, 1.807) is 20.0 Å². The number of esters is 1. The average Bonchev–Trinajstić information content (AvgIpc) is 2.85. The lowest BCUT2D eigenvalue weighted by atomic mass is 10.3. The Kier molecular flexibility index (Phi) is 3.23. The smallest absolute Gasteiger partial charge is 0.358 e. The molecule has 0 aliphatic rings. The first-order valence-corrected chi connectivity index (χ1v) is 6.10. The Morgan fingerprint density at radius 2 is 2.29 bits per heavy atom. The Morgan fingerprint density at radius 1 is 1.53 bits per heavy atom. The third-order valence-corrected chi connectivity index (χ3v) is 3.10. The number of nitrogens with zero attached hydrogens (tertiary/aromatic N) is 2. The van der Waals surface area contributed by atoms with E-state index in [1.807, 2.05) is 6.92 Å². The topological polar surface area (TPSA) is 67.9 Å². The van der Waals surface area contributed by atoms with Crippen LogP contribution < -0.4 is 0 Å². The van der Waals surface area contributed by atoms with Crippen LogP contribution in [-0.4, -0.2) is 27.5 Å². The molecule has 5 nitrogen and oxygen atoms in total. The fourth-order valence-corrected chi connectivity index (χ4v) is 2.13. The summed E-state index contributed by atoms with van der Waals surface area (Å²) in [6.07, 6.45) is 1.78. The van der Waals surface area contributed by atoms with Gasteiger partial charge in [0.2, 0.25) is 0 Å². The van der Waals surface area contributed by atoms with Crippen molar-refractivity contribution in [3.05, 3.63) is 22.5 Å². The van der Waals surface area contributed by atoms with Crippen molar-refractivity contribution >= 4 is 17.3 Å². The summed E-state index contributed by atoms with van der Waals surface area (Å²) in [6, 6.07) is 0. The number of nitrogens with one attached hydrogen (secondary N) is 1. The second-order valence-corrected chi connectivity index (χ2v) is 4.79. The summed E-state index contributed by atoms with van der Waals surface area (Å²) < 4.78 is 4.92. The van der Waals surface area contributed by atoms with Gasteiger partial charge in [-0.05, 0) is 20.8 Å². The van der Waals surface area contributed by atoms with Gasteiger partial charge in [0.15, 0.2) is 16.5 Å². The predicted molar refractivity (Wildman–Crippen MR) is 65.1 cm³/mol. The van der Waals surface area contributed by atoms with Crippen molar-refractivity contribution in [2.45, 2.75) is 20.8 Å². The minimum atomic E-state index is -0.402. The molecule has 0 amide bonds. The quantitative estimate of drug-likeness (QED) is 0.850. The molecule has 17 heavy (non-hydrogen) atoms. The van der Waals surface area contributed by atoms with Crippen LogP contribution in [0.1, 0.15) is 28.0 Å². The maximum absolute atomic E-state index is 11.6. The first kappa shape index (κ1) is 11.8. The molecular formula is C11H13N3O2S. The number of ether oxygens (including phenoxy) is 1. The molecule has 0 aliphatic heterocycles. The lowest BCUT2D eigenvalue weighted by molar-refractivity contribution is 0.0519. The molecule has 90 valence electrons. The number of rotatable bonds is 3. The van der Waals surface area contributed by atoms with Crippen molar-refractivity contribution < 1.29 is 9.53 Å². The molecule has 0 aromatic carbocycles. The van der Waals surface area contributed by atoms with E-state index < -0.39 is 5.97 Å². The molecule has 0 saturated carbocycles. The molecule has 0 saturated heterocycles. The van der Waals surface area contributed by atoms with Gasteiger partial charge in [0.1, 0.15) is 0 Å². The third kappa shape index (κ3) is 2.36. The third-order valence-electron chi connectivity index (χ3n) is 2.18. The second-order valence-electron chi connectivity index (χ2n) is 3.56. The highest BCUT2D eigenvalue weighted by molar-refractivity contribution is 7.14. The van der Waals surface area contributed by atoms with Crippen LogP contribution in [0.3, 0.4) is 0 Å². The van der Waals surface area contributed by atoms with E-state index in [1.165, 1.54) is 11.3 Å². The Morgan fingerprint density at radius 3 is 2.88 bits per heavy atom. The van der Waals surface area contributed by atoms with Crippen molar-refractivity contribution in [1.82, 2.24) is 15.0 Å². The summed E-state index contributed by atoms with van der Waals surface area (Å²) in [4.78, 5) is 24.2. The minimum absolute atomic E-state index is 0.328. The molecule has 2 rings (SSSR count). The van der Waals surface area contributed by atoms with Crippen LogP contribution in [0.15, 0.2) is 6.20 Å². The summed E-state index contributed by atoms with van der Waals surface area (Å²) in [5.41, 5.74) is 1.03. The molecule has 0 fully saturated rings. The van der Waals surface area contributed by atoms with E-state index in [-0.39, 0.29) is 0 Å². The van der Waals surface area contributed by atoms with Gasteiger partial charge < -0.3 is 9.72 Å². The second kappa shape index (κ2) is 4.67. The van der Waals surface area contributed by atoms with E-state index in [0.717, 1.165) is 9.88 Å². The van der Waals surface area contributed by atoms with Crippen LogP contribution in [0.2, 0.25) is 0 Å². The molecule has 0 spiro atoms. The summed E-state index contributed by atoms with van der Waals surface area (Å²) in [5, 5.41) is 0.779. The molecule has 0 bridgehead atoms. The lowest BCUT2D eigenvalue weighted by Gasteiger charge is -1.97. The van der Waals surface area contributed by atoms with E-state index in [0.29, 0.717) is 23.8 Å². The van der Waals surface area contributed by atoms with Crippen LogP contribution in [0.5, 0.6) is 0 Å². The lowest BCUT2D eigenvalue weighted by Crippen LogP contribution is -2.06. The zero-order chi connectivity index (χ0) is 12.4. The van der Waals surface area contributed by atoms with Crippen LogP contribution in [0.4, 0.5) is 0 Å². The molecular weight excluding hydrogens is 238 g/mol. The number of aryl methyl sites for hydroxylation is 2. The van der Waals surface area contributed by atoms with E-state index >= 15 is 0 Å². The summed E-state index contributed by atoms with van der Waals surface area (Å²) in [6.45, 7) is 5.88. The summed E-state index contributed by atoms with van der Waals surface area (Å²) in [7, 11) is 0. The fourth-order valence-electron chi connectivity index (χ4n) is 1.42. The Balaban J connectivity index is 2.33. The zero-order valence-electron chi connectivity index (χ0n) is 9.90. The molecule has 2 heterocycles. The number of hydrogen-bond donors (Lipinski definition) is 1. The molecule has 0 unspecified atom stereocenters. The minimum Gasteiger partial charge on any atom is -0.461 e. The van der Waals surface area contributed by atoms with Gasteiger partial charge in [-0.15, -0.1) is 11.3 Å². The molecule has 6 heteroatoms. The number of aromatic nitrogens is 3. The number of carbonyl (C=O) groups excluding carboxylic acids is 1. The normalized spacial score (nSPS) is 10.5. The Labute approximate surface area is 103 Å². The molecule has 2 aromatic rings. The molecule has 0 radical (unpaired) electrons. The zero-order valence-corrected chi connectivity index (χ0v) is 10.7. The number of hydrogen-bond acceptors (Lipinski definition) is 5.